The molecule has 2 rings (SSSR count). The number of halogens is 1. The monoisotopic (exact) mass is 295 g/mol. The molecule has 0 saturated heterocycles. The van der Waals surface area contributed by atoms with E-state index in [9.17, 15) is 10.1 Å². The maximum Gasteiger partial charge on any atom is 0.329 e. The summed E-state index contributed by atoms with van der Waals surface area (Å²) >= 11 is 6.13. The zero-order valence-electron chi connectivity index (χ0n) is 11.2. The molecule has 0 aliphatic heterocycles. The van der Waals surface area contributed by atoms with Crippen LogP contribution in [0.25, 0.3) is 5.69 Å². The molecule has 0 spiro atoms. The lowest BCUT2D eigenvalue weighted by Crippen LogP contribution is -2.00. The molecule has 0 aliphatic carbocycles. The standard InChI is InChI=1S/C13H14ClN3O3/c1-3-6-9-12(17(18)19)13(14)16(15-9)10-7-4-5-8-11(10)20-2/h4-5,7-8H,3,6H2,1-2H3. The predicted molar refractivity (Wildman–Crippen MR) is 75.8 cm³/mol. The van der Waals surface area contributed by atoms with Crippen LogP contribution in [0.15, 0.2) is 24.3 Å². The second kappa shape index (κ2) is 5.92. The number of benzene rings is 1. The van der Waals surface area contributed by atoms with Gasteiger partial charge in [0.2, 0.25) is 5.15 Å². The van der Waals surface area contributed by atoms with Crippen LogP contribution in [0.3, 0.4) is 0 Å². The molecule has 1 aromatic heterocycles. The Morgan fingerprint density at radius 1 is 1.45 bits per heavy atom. The van der Waals surface area contributed by atoms with Crippen molar-refractivity contribution < 1.29 is 9.66 Å². The van der Waals surface area contributed by atoms with E-state index in [1.807, 2.05) is 6.92 Å². The number of rotatable bonds is 5. The van der Waals surface area contributed by atoms with Crippen molar-refractivity contribution in [2.24, 2.45) is 0 Å². The normalized spacial score (nSPS) is 10.6. The third kappa shape index (κ3) is 2.46. The molecule has 0 saturated carbocycles. The molecular formula is C13H14ClN3O3. The van der Waals surface area contributed by atoms with Gasteiger partial charge in [0, 0.05) is 0 Å². The van der Waals surface area contributed by atoms with Crippen molar-refractivity contribution in [1.82, 2.24) is 9.78 Å². The first-order valence-corrected chi connectivity index (χ1v) is 6.53. The minimum Gasteiger partial charge on any atom is -0.494 e. The number of hydrogen-bond acceptors (Lipinski definition) is 4. The average Bonchev–Trinajstić information content (AvgIpc) is 2.76. The summed E-state index contributed by atoms with van der Waals surface area (Å²) in [7, 11) is 1.53. The van der Waals surface area contributed by atoms with Gasteiger partial charge in [-0.05, 0) is 18.6 Å². The zero-order valence-corrected chi connectivity index (χ0v) is 11.9. The summed E-state index contributed by atoms with van der Waals surface area (Å²) in [5.41, 5.74) is 0.818. The first-order chi connectivity index (χ1) is 9.60. The molecule has 0 unspecified atom stereocenters. The molecule has 0 radical (unpaired) electrons. The van der Waals surface area contributed by atoms with Crippen molar-refractivity contribution in [3.8, 4) is 11.4 Å². The van der Waals surface area contributed by atoms with Crippen molar-refractivity contribution in [3.05, 3.63) is 45.2 Å². The smallest absolute Gasteiger partial charge is 0.329 e. The molecule has 0 amide bonds. The van der Waals surface area contributed by atoms with E-state index in [2.05, 4.69) is 5.10 Å². The van der Waals surface area contributed by atoms with Crippen LogP contribution in [-0.4, -0.2) is 21.8 Å². The van der Waals surface area contributed by atoms with Crippen LogP contribution in [0.5, 0.6) is 5.75 Å². The number of ether oxygens (including phenoxy) is 1. The summed E-state index contributed by atoms with van der Waals surface area (Å²) in [4.78, 5) is 10.7. The molecule has 20 heavy (non-hydrogen) atoms. The number of nitro groups is 1. The van der Waals surface area contributed by atoms with E-state index < -0.39 is 4.92 Å². The Hall–Kier alpha value is -2.08. The molecule has 0 fully saturated rings. The van der Waals surface area contributed by atoms with Gasteiger partial charge in [-0.2, -0.15) is 5.10 Å². The molecule has 2 aromatic rings. The van der Waals surface area contributed by atoms with Crippen LogP contribution in [0.1, 0.15) is 19.0 Å². The molecule has 6 nitrogen and oxygen atoms in total. The molecule has 1 aromatic carbocycles. The first kappa shape index (κ1) is 14.3. The summed E-state index contributed by atoms with van der Waals surface area (Å²) < 4.78 is 6.59. The number of aryl methyl sites for hydroxylation is 1. The summed E-state index contributed by atoms with van der Waals surface area (Å²) in [5, 5.41) is 15.4. The fraction of sp³-hybridized carbons (Fsp3) is 0.308. The van der Waals surface area contributed by atoms with E-state index in [0.29, 0.717) is 23.6 Å². The summed E-state index contributed by atoms with van der Waals surface area (Å²) in [6, 6.07) is 7.10. The SMILES string of the molecule is CCCc1nn(-c2ccccc2OC)c(Cl)c1[N+](=O)[O-]. The minimum absolute atomic E-state index is 0.0112. The van der Waals surface area contributed by atoms with Crippen LogP contribution >= 0.6 is 11.6 Å². The van der Waals surface area contributed by atoms with Crippen molar-refractivity contribution in [1.29, 1.82) is 0 Å². The van der Waals surface area contributed by atoms with E-state index in [1.54, 1.807) is 24.3 Å². The van der Waals surface area contributed by atoms with Crippen molar-refractivity contribution in [2.75, 3.05) is 7.11 Å². The topological polar surface area (TPSA) is 70.2 Å². The molecular weight excluding hydrogens is 282 g/mol. The molecule has 106 valence electrons. The van der Waals surface area contributed by atoms with Gasteiger partial charge in [-0.25, -0.2) is 4.68 Å². The Labute approximate surface area is 121 Å². The van der Waals surface area contributed by atoms with Crippen LogP contribution in [0, 0.1) is 10.1 Å². The van der Waals surface area contributed by atoms with Crippen molar-refractivity contribution in [3.63, 3.8) is 0 Å². The molecule has 7 heteroatoms. The van der Waals surface area contributed by atoms with Crippen LogP contribution in [-0.2, 0) is 6.42 Å². The maximum atomic E-state index is 11.2. The number of aromatic nitrogens is 2. The van der Waals surface area contributed by atoms with Gasteiger partial charge in [-0.3, -0.25) is 10.1 Å². The van der Waals surface area contributed by atoms with Gasteiger partial charge in [-0.1, -0.05) is 37.1 Å². The zero-order chi connectivity index (χ0) is 14.7. The second-order valence-electron chi connectivity index (χ2n) is 4.18. The van der Waals surface area contributed by atoms with E-state index >= 15 is 0 Å². The molecule has 0 aliphatic rings. The quantitative estimate of drug-likeness (QED) is 0.626. The first-order valence-electron chi connectivity index (χ1n) is 6.15. The highest BCUT2D eigenvalue weighted by atomic mass is 35.5. The fourth-order valence-corrected chi connectivity index (χ4v) is 2.29. The lowest BCUT2D eigenvalue weighted by Gasteiger charge is -2.08. The van der Waals surface area contributed by atoms with E-state index in [-0.39, 0.29) is 10.8 Å². The van der Waals surface area contributed by atoms with Gasteiger partial charge in [0.25, 0.3) is 0 Å². The summed E-state index contributed by atoms with van der Waals surface area (Å²) in [5.74, 6) is 0.551. The Balaban J connectivity index is 2.63. The second-order valence-corrected chi connectivity index (χ2v) is 4.53. The largest absolute Gasteiger partial charge is 0.494 e. The van der Waals surface area contributed by atoms with Gasteiger partial charge in [0.05, 0.1) is 12.0 Å². The Kier molecular flexibility index (Phi) is 4.24. The summed E-state index contributed by atoms with van der Waals surface area (Å²) in [6.07, 6.45) is 1.25. The van der Waals surface area contributed by atoms with E-state index in [0.717, 1.165) is 6.42 Å². The Morgan fingerprint density at radius 3 is 2.75 bits per heavy atom. The molecule has 0 atom stereocenters. The lowest BCUT2D eigenvalue weighted by molar-refractivity contribution is -0.385. The van der Waals surface area contributed by atoms with Crippen LogP contribution in [0.4, 0.5) is 5.69 Å². The molecule has 0 bridgehead atoms. The highest BCUT2D eigenvalue weighted by Gasteiger charge is 2.27. The molecule has 1 heterocycles. The minimum atomic E-state index is -0.494. The Morgan fingerprint density at radius 2 is 2.15 bits per heavy atom. The van der Waals surface area contributed by atoms with E-state index in [1.165, 1.54) is 11.8 Å². The number of hydrogen-bond donors (Lipinski definition) is 0. The predicted octanol–water partition coefficient (Wildman–Crippen LogP) is 3.40. The highest BCUT2D eigenvalue weighted by Crippen LogP contribution is 2.34. The fourth-order valence-electron chi connectivity index (χ4n) is 1.98. The third-order valence-corrected chi connectivity index (χ3v) is 3.20. The van der Waals surface area contributed by atoms with Crippen LogP contribution in [0.2, 0.25) is 5.15 Å². The van der Waals surface area contributed by atoms with Gasteiger partial charge < -0.3 is 4.74 Å². The number of nitrogens with zero attached hydrogens (tertiary/aromatic N) is 3. The van der Waals surface area contributed by atoms with Crippen LogP contribution < -0.4 is 4.74 Å². The van der Waals surface area contributed by atoms with Gasteiger partial charge in [0.1, 0.15) is 17.1 Å². The van der Waals surface area contributed by atoms with Crippen molar-refractivity contribution in [2.45, 2.75) is 19.8 Å². The lowest BCUT2D eigenvalue weighted by atomic mass is 10.2. The third-order valence-electron chi connectivity index (χ3n) is 2.86. The Bertz CT molecular complexity index is 640. The van der Waals surface area contributed by atoms with Gasteiger partial charge in [0.15, 0.2) is 0 Å². The number of para-hydroxylation sites is 2. The highest BCUT2D eigenvalue weighted by molar-refractivity contribution is 6.32. The molecule has 0 N–H and O–H groups in total. The number of methoxy groups -OCH3 is 1. The average molecular weight is 296 g/mol. The maximum absolute atomic E-state index is 11.2. The van der Waals surface area contributed by atoms with E-state index in [4.69, 9.17) is 16.3 Å². The van der Waals surface area contributed by atoms with Gasteiger partial charge in [-0.15, -0.1) is 0 Å². The summed E-state index contributed by atoms with van der Waals surface area (Å²) in [6.45, 7) is 1.93. The van der Waals surface area contributed by atoms with Gasteiger partial charge >= 0.3 is 5.69 Å². The van der Waals surface area contributed by atoms with Crippen molar-refractivity contribution >= 4 is 17.3 Å².